The van der Waals surface area contributed by atoms with E-state index in [4.69, 9.17) is 11.6 Å². The van der Waals surface area contributed by atoms with Crippen molar-refractivity contribution in [2.24, 2.45) is 0 Å². The van der Waals surface area contributed by atoms with Gasteiger partial charge in [0.15, 0.2) is 0 Å². The van der Waals surface area contributed by atoms with Crippen molar-refractivity contribution in [3.8, 4) is 11.5 Å². The first-order chi connectivity index (χ1) is 5.97. The lowest BCUT2D eigenvalue weighted by molar-refractivity contribution is 1.15. The third kappa shape index (κ3) is 4.06. The second-order valence-corrected chi connectivity index (χ2v) is 8.80. The molecule has 0 amide bonds. The molecule has 0 bridgehead atoms. The number of rotatable bonds is 0. The van der Waals surface area contributed by atoms with E-state index < -0.39 is 8.07 Å². The van der Waals surface area contributed by atoms with Gasteiger partial charge < -0.3 is 0 Å². The standard InChI is InChI=1S/C9H11ClN2Si/c1-13(2,3)7-5-8-4-6-11-9(10)12-8/h4,6H,1-3H3. The lowest BCUT2D eigenvalue weighted by Crippen LogP contribution is -2.16. The topological polar surface area (TPSA) is 25.8 Å². The SMILES string of the molecule is C[Si](C)(C)C#Cc1ccnc(Cl)n1. The zero-order chi connectivity index (χ0) is 9.90. The predicted octanol–water partition coefficient (Wildman–Crippen LogP) is 2.36. The van der Waals surface area contributed by atoms with Gasteiger partial charge in [0, 0.05) is 6.20 Å². The van der Waals surface area contributed by atoms with E-state index in [0.29, 0.717) is 5.69 Å². The molecule has 13 heavy (non-hydrogen) atoms. The Kier molecular flexibility index (Phi) is 3.07. The molecular weight excluding hydrogens is 200 g/mol. The third-order valence-corrected chi connectivity index (χ3v) is 2.25. The fourth-order valence-electron chi connectivity index (χ4n) is 0.656. The van der Waals surface area contributed by atoms with Gasteiger partial charge in [0.2, 0.25) is 5.28 Å². The molecule has 0 aliphatic rings. The van der Waals surface area contributed by atoms with Crippen LogP contribution in [0.3, 0.4) is 0 Å². The Bertz CT molecular complexity index is 360. The lowest BCUT2D eigenvalue weighted by atomic mass is 10.4. The van der Waals surface area contributed by atoms with Crippen molar-refractivity contribution in [3.05, 3.63) is 23.2 Å². The Morgan fingerprint density at radius 2 is 2.08 bits per heavy atom. The van der Waals surface area contributed by atoms with E-state index in [1.165, 1.54) is 0 Å². The minimum atomic E-state index is -1.32. The largest absolute Gasteiger partial charge is 0.226 e. The first kappa shape index (κ1) is 10.2. The molecule has 1 heterocycles. The molecule has 0 unspecified atom stereocenters. The Labute approximate surface area is 84.4 Å². The summed E-state index contributed by atoms with van der Waals surface area (Å²) in [5, 5.41) is 0.252. The first-order valence-electron chi connectivity index (χ1n) is 3.99. The maximum atomic E-state index is 5.62. The molecule has 0 atom stereocenters. The Balaban J connectivity index is 2.90. The van der Waals surface area contributed by atoms with Gasteiger partial charge >= 0.3 is 0 Å². The number of nitrogens with zero attached hydrogens (tertiary/aromatic N) is 2. The normalized spacial score (nSPS) is 10.5. The molecule has 0 fully saturated rings. The third-order valence-electron chi connectivity index (χ3n) is 1.19. The molecular formula is C9H11ClN2Si. The number of halogens is 1. The van der Waals surface area contributed by atoms with Crippen molar-refractivity contribution in [1.82, 2.24) is 9.97 Å². The van der Waals surface area contributed by atoms with Crippen LogP contribution in [0.2, 0.25) is 24.9 Å². The molecule has 0 saturated carbocycles. The van der Waals surface area contributed by atoms with E-state index in [2.05, 4.69) is 41.1 Å². The molecule has 0 spiro atoms. The van der Waals surface area contributed by atoms with Crippen LogP contribution in [-0.2, 0) is 0 Å². The van der Waals surface area contributed by atoms with Crippen molar-refractivity contribution < 1.29 is 0 Å². The molecule has 0 N–H and O–H groups in total. The monoisotopic (exact) mass is 210 g/mol. The fraction of sp³-hybridized carbons (Fsp3) is 0.333. The van der Waals surface area contributed by atoms with Crippen molar-refractivity contribution in [2.75, 3.05) is 0 Å². The first-order valence-corrected chi connectivity index (χ1v) is 7.87. The van der Waals surface area contributed by atoms with Crippen LogP contribution in [0.1, 0.15) is 5.69 Å². The minimum Gasteiger partial charge on any atom is -0.226 e. The van der Waals surface area contributed by atoms with E-state index in [1.807, 2.05) is 0 Å². The van der Waals surface area contributed by atoms with E-state index in [1.54, 1.807) is 12.3 Å². The molecule has 2 nitrogen and oxygen atoms in total. The zero-order valence-electron chi connectivity index (χ0n) is 7.93. The summed E-state index contributed by atoms with van der Waals surface area (Å²) in [4.78, 5) is 7.76. The summed E-state index contributed by atoms with van der Waals surface area (Å²) in [6.45, 7) is 6.55. The van der Waals surface area contributed by atoms with Gasteiger partial charge in [0.25, 0.3) is 0 Å². The maximum Gasteiger partial charge on any atom is 0.223 e. The molecule has 0 aliphatic heterocycles. The molecule has 4 heteroatoms. The minimum absolute atomic E-state index is 0.252. The summed E-state index contributed by atoms with van der Waals surface area (Å²) >= 11 is 5.62. The highest BCUT2D eigenvalue weighted by Gasteiger charge is 2.07. The second-order valence-electron chi connectivity index (χ2n) is 3.71. The van der Waals surface area contributed by atoms with Crippen LogP contribution in [0.4, 0.5) is 0 Å². The van der Waals surface area contributed by atoms with Gasteiger partial charge in [-0.2, -0.15) is 0 Å². The van der Waals surface area contributed by atoms with Crippen molar-refractivity contribution in [2.45, 2.75) is 19.6 Å². The van der Waals surface area contributed by atoms with Gasteiger partial charge in [0.1, 0.15) is 13.8 Å². The quantitative estimate of drug-likeness (QED) is 0.373. The molecule has 68 valence electrons. The van der Waals surface area contributed by atoms with Crippen LogP contribution in [0.5, 0.6) is 0 Å². The smallest absolute Gasteiger partial charge is 0.223 e. The van der Waals surface area contributed by atoms with Gasteiger partial charge in [-0.3, -0.25) is 0 Å². The van der Waals surface area contributed by atoms with Crippen LogP contribution in [0, 0.1) is 11.5 Å². The van der Waals surface area contributed by atoms with Gasteiger partial charge in [-0.15, -0.1) is 5.54 Å². The van der Waals surface area contributed by atoms with E-state index in [-0.39, 0.29) is 5.28 Å². The fourth-order valence-corrected chi connectivity index (χ4v) is 1.31. The summed E-state index contributed by atoms with van der Waals surface area (Å²) in [6.07, 6.45) is 1.61. The highest BCUT2D eigenvalue weighted by Crippen LogP contribution is 2.01. The number of hydrogen-bond donors (Lipinski definition) is 0. The molecule has 1 aromatic rings. The van der Waals surface area contributed by atoms with Crippen LogP contribution >= 0.6 is 11.6 Å². The van der Waals surface area contributed by atoms with Gasteiger partial charge in [-0.05, 0) is 17.7 Å². The Morgan fingerprint density at radius 1 is 1.38 bits per heavy atom. The van der Waals surface area contributed by atoms with Gasteiger partial charge in [-0.1, -0.05) is 25.6 Å². The molecule has 0 aliphatic carbocycles. The summed E-state index contributed by atoms with van der Waals surface area (Å²) in [5.74, 6) is 3.00. The molecule has 0 radical (unpaired) electrons. The highest BCUT2D eigenvalue weighted by molar-refractivity contribution is 6.83. The van der Waals surface area contributed by atoms with Crippen molar-refractivity contribution in [1.29, 1.82) is 0 Å². The van der Waals surface area contributed by atoms with Crippen molar-refractivity contribution in [3.63, 3.8) is 0 Å². The van der Waals surface area contributed by atoms with Gasteiger partial charge in [-0.25, -0.2) is 9.97 Å². The maximum absolute atomic E-state index is 5.62. The second kappa shape index (κ2) is 3.90. The average Bonchev–Trinajstić information content (AvgIpc) is 2.00. The van der Waals surface area contributed by atoms with Crippen LogP contribution in [0.15, 0.2) is 12.3 Å². The number of aromatic nitrogens is 2. The molecule has 0 saturated heterocycles. The molecule has 1 rings (SSSR count). The van der Waals surface area contributed by atoms with Crippen molar-refractivity contribution >= 4 is 19.7 Å². The molecule has 0 aromatic carbocycles. The van der Waals surface area contributed by atoms with E-state index >= 15 is 0 Å². The number of hydrogen-bond acceptors (Lipinski definition) is 2. The van der Waals surface area contributed by atoms with E-state index in [0.717, 1.165) is 0 Å². The van der Waals surface area contributed by atoms with Crippen LogP contribution < -0.4 is 0 Å². The lowest BCUT2D eigenvalue weighted by Gasteiger charge is -2.02. The predicted molar refractivity (Wildman–Crippen MR) is 57.3 cm³/mol. The summed E-state index contributed by atoms with van der Waals surface area (Å²) in [5.41, 5.74) is 3.90. The molecule has 1 aromatic heterocycles. The van der Waals surface area contributed by atoms with Crippen LogP contribution in [-0.4, -0.2) is 18.0 Å². The zero-order valence-corrected chi connectivity index (χ0v) is 9.68. The van der Waals surface area contributed by atoms with Gasteiger partial charge in [0.05, 0.1) is 0 Å². The Morgan fingerprint density at radius 3 is 2.62 bits per heavy atom. The average molecular weight is 211 g/mol. The highest BCUT2D eigenvalue weighted by atomic mass is 35.5. The summed E-state index contributed by atoms with van der Waals surface area (Å²) in [6, 6.07) is 1.76. The summed E-state index contributed by atoms with van der Waals surface area (Å²) < 4.78 is 0. The summed E-state index contributed by atoms with van der Waals surface area (Å²) in [7, 11) is -1.32. The van der Waals surface area contributed by atoms with Crippen LogP contribution in [0.25, 0.3) is 0 Å². The van der Waals surface area contributed by atoms with E-state index in [9.17, 15) is 0 Å². The Hall–Kier alpha value is -0.853.